The molecular formula is C25H19N3O4S. The summed E-state index contributed by atoms with van der Waals surface area (Å²) in [5.74, 6) is 0.788. The van der Waals surface area contributed by atoms with E-state index in [0.29, 0.717) is 17.1 Å². The Morgan fingerprint density at radius 1 is 1.00 bits per heavy atom. The van der Waals surface area contributed by atoms with Crippen molar-refractivity contribution in [2.24, 2.45) is 4.99 Å². The topological polar surface area (TPSA) is 74.9 Å². The standard InChI is InChI=1S/C25H19N3O4S/c1-30-20-11-10-16(14-21(20)31-2)24-26-19(25(29)32-24)13-17-15-28(18-7-4-3-5-8-18)27-23(17)22-9-6-12-33-22/h3-15H,1-2H3/b19-13-. The number of rotatable bonds is 6. The van der Waals surface area contributed by atoms with Crippen LogP contribution in [0.5, 0.6) is 11.5 Å². The Bertz CT molecular complexity index is 1370. The lowest BCUT2D eigenvalue weighted by molar-refractivity contribution is -0.129. The van der Waals surface area contributed by atoms with Crippen LogP contribution < -0.4 is 9.47 Å². The number of methoxy groups -OCH3 is 2. The molecule has 0 spiro atoms. The Morgan fingerprint density at radius 2 is 1.82 bits per heavy atom. The average molecular weight is 458 g/mol. The van der Waals surface area contributed by atoms with Crippen molar-refractivity contribution in [3.63, 3.8) is 0 Å². The minimum Gasteiger partial charge on any atom is -0.493 e. The van der Waals surface area contributed by atoms with Crippen LogP contribution in [0.3, 0.4) is 0 Å². The van der Waals surface area contributed by atoms with E-state index in [-0.39, 0.29) is 11.6 Å². The third-order valence-corrected chi connectivity index (χ3v) is 5.94. The number of thiophene rings is 1. The summed E-state index contributed by atoms with van der Waals surface area (Å²) < 4.78 is 17.9. The number of carbonyl (C=O) groups is 1. The van der Waals surface area contributed by atoms with Crippen LogP contribution >= 0.6 is 11.3 Å². The van der Waals surface area contributed by atoms with Crippen LogP contribution in [0.1, 0.15) is 11.1 Å². The molecule has 33 heavy (non-hydrogen) atoms. The highest BCUT2D eigenvalue weighted by Crippen LogP contribution is 2.32. The van der Waals surface area contributed by atoms with Crippen LogP contribution in [0, 0.1) is 0 Å². The van der Waals surface area contributed by atoms with E-state index in [4.69, 9.17) is 19.3 Å². The van der Waals surface area contributed by atoms with Gasteiger partial charge < -0.3 is 14.2 Å². The fourth-order valence-electron chi connectivity index (χ4n) is 3.46. The van der Waals surface area contributed by atoms with Crippen molar-refractivity contribution < 1.29 is 19.0 Å². The van der Waals surface area contributed by atoms with Crippen LogP contribution in [0.15, 0.2) is 82.9 Å². The second-order valence-corrected chi connectivity index (χ2v) is 8.04. The number of hydrogen-bond donors (Lipinski definition) is 0. The zero-order valence-corrected chi connectivity index (χ0v) is 18.7. The Kier molecular flexibility index (Phi) is 5.50. The van der Waals surface area contributed by atoms with E-state index in [1.165, 1.54) is 0 Å². The molecule has 7 nitrogen and oxygen atoms in total. The molecule has 2 aromatic heterocycles. The first-order chi connectivity index (χ1) is 16.2. The summed E-state index contributed by atoms with van der Waals surface area (Å²) in [6.07, 6.45) is 3.59. The molecule has 0 unspecified atom stereocenters. The summed E-state index contributed by atoms with van der Waals surface area (Å²) in [6, 6.07) is 19.0. The van der Waals surface area contributed by atoms with E-state index in [1.807, 2.05) is 54.0 Å². The molecule has 1 aliphatic heterocycles. The van der Waals surface area contributed by atoms with Gasteiger partial charge in [-0.2, -0.15) is 5.10 Å². The van der Waals surface area contributed by atoms with Crippen LogP contribution in [-0.2, 0) is 9.53 Å². The van der Waals surface area contributed by atoms with Gasteiger partial charge in [-0.25, -0.2) is 14.5 Å². The lowest BCUT2D eigenvalue weighted by atomic mass is 10.2. The summed E-state index contributed by atoms with van der Waals surface area (Å²) in [6.45, 7) is 0. The molecule has 0 N–H and O–H groups in total. The summed E-state index contributed by atoms with van der Waals surface area (Å²) in [7, 11) is 3.11. The number of aliphatic imine (C=N–C) groups is 1. The first-order valence-electron chi connectivity index (χ1n) is 10.1. The predicted octanol–water partition coefficient (Wildman–Crippen LogP) is 4.96. The fourth-order valence-corrected chi connectivity index (χ4v) is 4.19. The number of benzene rings is 2. The molecule has 0 aliphatic carbocycles. The molecule has 5 rings (SSSR count). The van der Waals surface area contributed by atoms with E-state index >= 15 is 0 Å². The molecule has 0 radical (unpaired) electrons. The molecule has 1 aliphatic rings. The Labute approximate surface area is 194 Å². The molecule has 164 valence electrons. The molecule has 0 atom stereocenters. The first-order valence-corrected chi connectivity index (χ1v) is 11.0. The predicted molar refractivity (Wildman–Crippen MR) is 127 cm³/mol. The average Bonchev–Trinajstić information content (AvgIpc) is 3.60. The van der Waals surface area contributed by atoms with Crippen molar-refractivity contribution in [2.45, 2.75) is 0 Å². The summed E-state index contributed by atoms with van der Waals surface area (Å²) in [4.78, 5) is 18.1. The zero-order chi connectivity index (χ0) is 22.8. The summed E-state index contributed by atoms with van der Waals surface area (Å²) in [5, 5.41) is 6.75. The second kappa shape index (κ2) is 8.76. The van der Waals surface area contributed by atoms with Crippen molar-refractivity contribution >= 4 is 29.3 Å². The minimum atomic E-state index is -0.524. The van der Waals surface area contributed by atoms with Gasteiger partial charge in [0, 0.05) is 17.3 Å². The Morgan fingerprint density at radius 3 is 2.55 bits per heavy atom. The number of para-hydroxylation sites is 1. The zero-order valence-electron chi connectivity index (χ0n) is 17.9. The first kappa shape index (κ1) is 20.7. The lowest BCUT2D eigenvalue weighted by Gasteiger charge is -2.08. The fraction of sp³-hybridized carbons (Fsp3) is 0.0800. The smallest absolute Gasteiger partial charge is 0.363 e. The van der Waals surface area contributed by atoms with Gasteiger partial charge in [0.1, 0.15) is 5.69 Å². The van der Waals surface area contributed by atoms with Crippen LogP contribution in [-0.4, -0.2) is 35.9 Å². The lowest BCUT2D eigenvalue weighted by Crippen LogP contribution is -2.06. The van der Waals surface area contributed by atoms with Gasteiger partial charge in [0.15, 0.2) is 17.2 Å². The van der Waals surface area contributed by atoms with Crippen molar-refractivity contribution in [3.05, 3.63) is 89.1 Å². The van der Waals surface area contributed by atoms with Gasteiger partial charge in [-0.15, -0.1) is 11.3 Å². The number of hydrogen-bond acceptors (Lipinski definition) is 7. The van der Waals surface area contributed by atoms with E-state index in [0.717, 1.165) is 21.8 Å². The van der Waals surface area contributed by atoms with Crippen LogP contribution in [0.25, 0.3) is 22.3 Å². The maximum Gasteiger partial charge on any atom is 0.363 e. The van der Waals surface area contributed by atoms with Gasteiger partial charge in [-0.1, -0.05) is 24.3 Å². The highest BCUT2D eigenvalue weighted by atomic mass is 32.1. The number of nitrogens with zero attached hydrogens (tertiary/aromatic N) is 3. The van der Waals surface area contributed by atoms with Crippen molar-refractivity contribution in [3.8, 4) is 27.8 Å². The third-order valence-electron chi connectivity index (χ3n) is 5.06. The van der Waals surface area contributed by atoms with E-state index in [2.05, 4.69) is 4.99 Å². The van der Waals surface area contributed by atoms with Gasteiger partial charge >= 0.3 is 5.97 Å². The number of esters is 1. The molecule has 0 saturated heterocycles. The molecular weight excluding hydrogens is 438 g/mol. The molecule has 3 heterocycles. The van der Waals surface area contributed by atoms with E-state index in [1.54, 1.807) is 54.5 Å². The monoisotopic (exact) mass is 457 g/mol. The Balaban J connectivity index is 1.55. The normalized spacial score (nSPS) is 14.3. The Hall–Kier alpha value is -4.17. The number of aromatic nitrogens is 2. The SMILES string of the molecule is COc1ccc(C2=N/C(=C\c3cn(-c4ccccc4)nc3-c3cccs3)C(=O)O2)cc1OC. The molecule has 0 bridgehead atoms. The molecule has 2 aromatic carbocycles. The second-order valence-electron chi connectivity index (χ2n) is 7.10. The minimum absolute atomic E-state index is 0.199. The van der Waals surface area contributed by atoms with Gasteiger partial charge in [-0.05, 0) is 47.9 Å². The van der Waals surface area contributed by atoms with Gasteiger partial charge in [0.25, 0.3) is 0 Å². The number of ether oxygens (including phenoxy) is 3. The quantitative estimate of drug-likeness (QED) is 0.302. The highest BCUT2D eigenvalue weighted by molar-refractivity contribution is 7.13. The van der Waals surface area contributed by atoms with Crippen LogP contribution in [0.4, 0.5) is 0 Å². The van der Waals surface area contributed by atoms with Gasteiger partial charge in [0.2, 0.25) is 5.90 Å². The largest absolute Gasteiger partial charge is 0.493 e. The van der Waals surface area contributed by atoms with Crippen molar-refractivity contribution in [1.82, 2.24) is 9.78 Å². The van der Waals surface area contributed by atoms with E-state index < -0.39 is 5.97 Å². The highest BCUT2D eigenvalue weighted by Gasteiger charge is 2.26. The summed E-state index contributed by atoms with van der Waals surface area (Å²) in [5.41, 5.74) is 3.27. The number of cyclic esters (lactones) is 1. The number of carbonyl (C=O) groups excluding carboxylic acids is 1. The maximum absolute atomic E-state index is 12.6. The maximum atomic E-state index is 12.6. The van der Waals surface area contributed by atoms with Gasteiger partial charge in [0.05, 0.1) is 24.8 Å². The summed E-state index contributed by atoms with van der Waals surface area (Å²) >= 11 is 1.58. The molecule has 0 fully saturated rings. The van der Waals surface area contributed by atoms with Crippen molar-refractivity contribution in [1.29, 1.82) is 0 Å². The van der Waals surface area contributed by atoms with Crippen molar-refractivity contribution in [2.75, 3.05) is 14.2 Å². The van der Waals surface area contributed by atoms with Gasteiger partial charge in [-0.3, -0.25) is 0 Å². The third kappa shape index (κ3) is 4.04. The molecule has 0 saturated carbocycles. The molecule has 4 aromatic rings. The van der Waals surface area contributed by atoms with E-state index in [9.17, 15) is 4.79 Å². The van der Waals surface area contributed by atoms with Crippen LogP contribution in [0.2, 0.25) is 0 Å². The molecule has 8 heteroatoms. The molecule has 0 amide bonds.